The van der Waals surface area contributed by atoms with Gasteiger partial charge in [0.2, 0.25) is 11.8 Å². The van der Waals surface area contributed by atoms with Crippen LogP contribution in [-0.2, 0) is 9.59 Å². The highest BCUT2D eigenvalue weighted by molar-refractivity contribution is 5.93. The maximum Gasteiger partial charge on any atom is 0.238 e. The Morgan fingerprint density at radius 2 is 1.57 bits per heavy atom. The molecule has 0 aliphatic heterocycles. The minimum atomic E-state index is -0.215. The van der Waals surface area contributed by atoms with Crippen LogP contribution in [0.3, 0.4) is 0 Å². The van der Waals surface area contributed by atoms with E-state index >= 15 is 0 Å². The van der Waals surface area contributed by atoms with Crippen molar-refractivity contribution in [3.05, 3.63) is 54.1 Å². The molecule has 2 rings (SSSR count). The first kappa shape index (κ1) is 23.2. The predicted molar refractivity (Wildman–Crippen MR) is 118 cm³/mol. The van der Waals surface area contributed by atoms with Crippen LogP contribution in [0, 0.1) is 0 Å². The predicted octanol–water partition coefficient (Wildman–Crippen LogP) is 3.23. The van der Waals surface area contributed by atoms with Gasteiger partial charge < -0.3 is 20.1 Å². The fourth-order valence-corrected chi connectivity index (χ4v) is 2.99. The summed E-state index contributed by atoms with van der Waals surface area (Å²) in [4.78, 5) is 26.3. The van der Waals surface area contributed by atoms with E-state index in [1.165, 1.54) is 0 Å². The molecule has 0 aliphatic carbocycles. The van der Waals surface area contributed by atoms with Gasteiger partial charge in [0.1, 0.15) is 0 Å². The summed E-state index contributed by atoms with van der Waals surface area (Å²) in [7, 11) is 1.73. The van der Waals surface area contributed by atoms with Crippen LogP contribution >= 0.6 is 0 Å². The van der Waals surface area contributed by atoms with E-state index in [9.17, 15) is 9.59 Å². The molecule has 7 nitrogen and oxygen atoms in total. The topological polar surface area (TPSA) is 79.9 Å². The van der Waals surface area contributed by atoms with Gasteiger partial charge in [-0.05, 0) is 45.5 Å². The van der Waals surface area contributed by atoms with Crippen LogP contribution in [0.4, 0.5) is 5.69 Å². The number of benzene rings is 2. The van der Waals surface area contributed by atoms with Crippen molar-refractivity contribution in [2.45, 2.75) is 26.8 Å². The maximum absolute atomic E-state index is 12.4. The van der Waals surface area contributed by atoms with E-state index in [2.05, 4.69) is 10.6 Å². The summed E-state index contributed by atoms with van der Waals surface area (Å²) in [5.41, 5.74) is 1.65. The second kappa shape index (κ2) is 11.8. The molecule has 30 heavy (non-hydrogen) atoms. The number of rotatable bonds is 11. The van der Waals surface area contributed by atoms with E-state index < -0.39 is 0 Å². The molecule has 162 valence electrons. The average Bonchev–Trinajstić information content (AvgIpc) is 2.70. The van der Waals surface area contributed by atoms with Gasteiger partial charge in [0.05, 0.1) is 32.3 Å². The van der Waals surface area contributed by atoms with Crippen LogP contribution in [0.5, 0.6) is 11.5 Å². The second-order valence-electron chi connectivity index (χ2n) is 6.95. The lowest BCUT2D eigenvalue weighted by atomic mass is 10.1. The van der Waals surface area contributed by atoms with Crippen LogP contribution in [0.25, 0.3) is 0 Å². The molecule has 0 bridgehead atoms. The Balaban J connectivity index is 1.85. The lowest BCUT2D eigenvalue weighted by Crippen LogP contribution is -2.39. The van der Waals surface area contributed by atoms with Crippen molar-refractivity contribution in [3.63, 3.8) is 0 Å². The molecule has 1 atom stereocenters. The zero-order valence-corrected chi connectivity index (χ0v) is 18.1. The Labute approximate surface area is 178 Å². The Morgan fingerprint density at radius 3 is 2.23 bits per heavy atom. The number of carbonyl (C=O) groups excluding carboxylic acids is 2. The SMILES string of the molecule is CCOc1ccc(NC(=O)CN(C)CC(=O)N[C@@H](C)c2ccccc2)cc1OCC. The van der Waals surface area contributed by atoms with E-state index in [0.29, 0.717) is 30.4 Å². The Kier molecular flexibility index (Phi) is 9.15. The number of amides is 2. The summed E-state index contributed by atoms with van der Waals surface area (Å²) in [5, 5.41) is 5.78. The molecule has 2 N–H and O–H groups in total. The Hall–Kier alpha value is -3.06. The summed E-state index contributed by atoms with van der Waals surface area (Å²) >= 11 is 0. The number of likely N-dealkylation sites (N-methyl/N-ethyl adjacent to an activating group) is 1. The number of nitrogens with one attached hydrogen (secondary N) is 2. The molecule has 0 aliphatic rings. The fourth-order valence-electron chi connectivity index (χ4n) is 2.99. The third kappa shape index (κ3) is 7.40. The Bertz CT molecular complexity index is 826. The maximum atomic E-state index is 12.4. The molecule has 0 unspecified atom stereocenters. The lowest BCUT2D eigenvalue weighted by molar-refractivity contribution is -0.123. The van der Waals surface area contributed by atoms with Crippen LogP contribution < -0.4 is 20.1 Å². The number of hydrogen-bond acceptors (Lipinski definition) is 5. The summed E-state index contributed by atoms with van der Waals surface area (Å²) < 4.78 is 11.1. The van der Waals surface area contributed by atoms with E-state index in [-0.39, 0.29) is 30.9 Å². The molecular formula is C23H31N3O4. The molecule has 0 radical (unpaired) electrons. The summed E-state index contributed by atoms with van der Waals surface area (Å²) in [6.07, 6.45) is 0. The van der Waals surface area contributed by atoms with Gasteiger partial charge in [0.15, 0.2) is 11.5 Å². The van der Waals surface area contributed by atoms with E-state index in [4.69, 9.17) is 9.47 Å². The molecule has 0 aromatic heterocycles. The number of carbonyl (C=O) groups is 2. The molecule has 0 fully saturated rings. The quantitative estimate of drug-likeness (QED) is 0.591. The zero-order chi connectivity index (χ0) is 21.9. The van der Waals surface area contributed by atoms with Crippen molar-refractivity contribution in [3.8, 4) is 11.5 Å². The standard InChI is InChI=1S/C23H31N3O4/c1-5-29-20-13-12-19(14-21(20)30-6-2)25-23(28)16-26(4)15-22(27)24-17(3)18-10-8-7-9-11-18/h7-14,17H,5-6,15-16H2,1-4H3,(H,24,27)(H,25,28)/t17-/m0/s1. The number of ether oxygens (including phenoxy) is 2. The largest absolute Gasteiger partial charge is 0.490 e. The molecule has 2 aromatic carbocycles. The van der Waals surface area contributed by atoms with Crippen LogP contribution in [0.1, 0.15) is 32.4 Å². The van der Waals surface area contributed by atoms with Gasteiger partial charge in [-0.15, -0.1) is 0 Å². The molecule has 0 saturated heterocycles. The number of nitrogens with zero attached hydrogens (tertiary/aromatic N) is 1. The molecule has 0 spiro atoms. The highest BCUT2D eigenvalue weighted by Crippen LogP contribution is 2.30. The first-order valence-electron chi connectivity index (χ1n) is 10.1. The smallest absolute Gasteiger partial charge is 0.238 e. The molecule has 2 aromatic rings. The number of anilines is 1. The van der Waals surface area contributed by atoms with Crippen molar-refractivity contribution in [1.82, 2.24) is 10.2 Å². The second-order valence-corrected chi connectivity index (χ2v) is 6.95. The summed E-state index contributed by atoms with van der Waals surface area (Å²) in [6, 6.07) is 14.9. The lowest BCUT2D eigenvalue weighted by Gasteiger charge is -2.19. The highest BCUT2D eigenvalue weighted by atomic mass is 16.5. The first-order valence-corrected chi connectivity index (χ1v) is 10.1. The van der Waals surface area contributed by atoms with Gasteiger partial charge >= 0.3 is 0 Å². The first-order chi connectivity index (χ1) is 14.4. The van der Waals surface area contributed by atoms with Crippen LogP contribution in [0.2, 0.25) is 0 Å². The Morgan fingerprint density at radius 1 is 0.933 bits per heavy atom. The van der Waals surface area contributed by atoms with Crippen molar-refractivity contribution >= 4 is 17.5 Å². The van der Waals surface area contributed by atoms with Gasteiger partial charge in [-0.1, -0.05) is 30.3 Å². The van der Waals surface area contributed by atoms with Gasteiger partial charge in [-0.2, -0.15) is 0 Å². The van der Waals surface area contributed by atoms with Crippen molar-refractivity contribution in [2.24, 2.45) is 0 Å². The minimum Gasteiger partial charge on any atom is -0.490 e. The molecule has 0 saturated carbocycles. The van der Waals surface area contributed by atoms with Crippen molar-refractivity contribution in [2.75, 3.05) is 38.7 Å². The fraction of sp³-hybridized carbons (Fsp3) is 0.391. The van der Waals surface area contributed by atoms with Gasteiger partial charge in [-0.25, -0.2) is 0 Å². The van der Waals surface area contributed by atoms with Gasteiger partial charge in [0, 0.05) is 11.8 Å². The normalized spacial score (nSPS) is 11.6. The highest BCUT2D eigenvalue weighted by Gasteiger charge is 2.14. The number of hydrogen-bond donors (Lipinski definition) is 2. The van der Waals surface area contributed by atoms with Crippen molar-refractivity contribution < 1.29 is 19.1 Å². The molecular weight excluding hydrogens is 382 g/mol. The van der Waals surface area contributed by atoms with E-state index in [0.717, 1.165) is 5.56 Å². The monoisotopic (exact) mass is 413 g/mol. The van der Waals surface area contributed by atoms with Crippen LogP contribution in [0.15, 0.2) is 48.5 Å². The summed E-state index contributed by atoms with van der Waals surface area (Å²) in [5.74, 6) is 0.868. The minimum absolute atomic E-state index is 0.0876. The van der Waals surface area contributed by atoms with Gasteiger partial charge in [-0.3, -0.25) is 14.5 Å². The van der Waals surface area contributed by atoms with Crippen molar-refractivity contribution in [1.29, 1.82) is 0 Å². The zero-order valence-electron chi connectivity index (χ0n) is 18.1. The van der Waals surface area contributed by atoms with Gasteiger partial charge in [0.25, 0.3) is 0 Å². The van der Waals surface area contributed by atoms with Crippen LogP contribution in [-0.4, -0.2) is 50.1 Å². The molecule has 0 heterocycles. The molecule has 7 heteroatoms. The summed E-state index contributed by atoms with van der Waals surface area (Å²) in [6.45, 7) is 6.96. The third-order valence-electron chi connectivity index (χ3n) is 4.33. The third-order valence-corrected chi connectivity index (χ3v) is 4.33. The van der Waals surface area contributed by atoms with E-state index in [1.807, 2.05) is 51.1 Å². The van der Waals surface area contributed by atoms with E-state index in [1.54, 1.807) is 30.1 Å². The molecule has 2 amide bonds. The average molecular weight is 414 g/mol.